The van der Waals surface area contributed by atoms with Crippen LogP contribution < -0.4 is 10.6 Å². The number of halogens is 1. The average molecular weight is 329 g/mol. The molecular weight excluding hydrogens is 309 g/mol. The van der Waals surface area contributed by atoms with E-state index in [4.69, 9.17) is 4.74 Å². The third-order valence-electron chi connectivity index (χ3n) is 3.94. The van der Waals surface area contributed by atoms with E-state index in [1.54, 1.807) is 30.5 Å². The van der Waals surface area contributed by atoms with Gasteiger partial charge in [-0.1, -0.05) is 12.1 Å². The topological polar surface area (TPSA) is 63.2 Å². The molecule has 0 aliphatic carbocycles. The molecule has 2 heterocycles. The number of hydrogen-bond donors (Lipinski definition) is 2. The fourth-order valence-electron chi connectivity index (χ4n) is 2.62. The van der Waals surface area contributed by atoms with Gasteiger partial charge in [0.25, 0.3) is 5.91 Å². The molecule has 1 aromatic heterocycles. The van der Waals surface area contributed by atoms with E-state index < -0.39 is 0 Å². The first-order chi connectivity index (χ1) is 11.7. The first-order valence-corrected chi connectivity index (χ1v) is 8.05. The van der Waals surface area contributed by atoms with Gasteiger partial charge in [0.05, 0.1) is 11.7 Å². The summed E-state index contributed by atoms with van der Waals surface area (Å²) >= 11 is 0. The van der Waals surface area contributed by atoms with Crippen molar-refractivity contribution in [3.63, 3.8) is 0 Å². The van der Waals surface area contributed by atoms with Crippen LogP contribution in [0.5, 0.6) is 0 Å². The Morgan fingerprint density at radius 3 is 2.88 bits per heavy atom. The molecule has 6 heteroatoms. The quantitative estimate of drug-likeness (QED) is 0.855. The van der Waals surface area contributed by atoms with Gasteiger partial charge in [0.2, 0.25) is 0 Å². The molecule has 126 valence electrons. The van der Waals surface area contributed by atoms with Gasteiger partial charge in [-0.05, 0) is 42.7 Å². The lowest BCUT2D eigenvalue weighted by Gasteiger charge is -2.13. The smallest absolute Gasteiger partial charge is 0.255 e. The molecule has 0 unspecified atom stereocenters. The largest absolute Gasteiger partial charge is 0.376 e. The Bertz CT molecular complexity index is 685. The lowest BCUT2D eigenvalue weighted by molar-refractivity contribution is 0.0858. The number of aromatic nitrogens is 1. The van der Waals surface area contributed by atoms with Gasteiger partial charge >= 0.3 is 0 Å². The minimum atomic E-state index is -0.272. The summed E-state index contributed by atoms with van der Waals surface area (Å²) in [5.74, 6) is 0.0534. The molecule has 5 nitrogen and oxygen atoms in total. The van der Waals surface area contributed by atoms with Crippen LogP contribution in [0.2, 0.25) is 0 Å². The van der Waals surface area contributed by atoms with Crippen LogP contribution >= 0.6 is 0 Å². The number of ether oxygens (including phenoxy) is 1. The van der Waals surface area contributed by atoms with Crippen molar-refractivity contribution < 1.29 is 13.9 Å². The van der Waals surface area contributed by atoms with Crippen molar-refractivity contribution in [3.8, 4) is 0 Å². The molecule has 1 atom stereocenters. The molecular formula is C18H20FN3O2. The summed E-state index contributed by atoms with van der Waals surface area (Å²) in [4.78, 5) is 16.6. The van der Waals surface area contributed by atoms with Crippen LogP contribution in [0.25, 0.3) is 0 Å². The highest BCUT2D eigenvalue weighted by molar-refractivity contribution is 5.98. The normalized spacial score (nSPS) is 16.8. The summed E-state index contributed by atoms with van der Waals surface area (Å²) in [6.07, 6.45) is 3.74. The molecule has 1 aliphatic heterocycles. The van der Waals surface area contributed by atoms with E-state index in [1.165, 1.54) is 12.1 Å². The van der Waals surface area contributed by atoms with Crippen molar-refractivity contribution in [2.45, 2.75) is 25.5 Å². The number of hydrogen-bond acceptors (Lipinski definition) is 4. The van der Waals surface area contributed by atoms with E-state index in [0.29, 0.717) is 24.5 Å². The van der Waals surface area contributed by atoms with Gasteiger partial charge in [-0.15, -0.1) is 0 Å². The number of nitrogens with zero attached hydrogens (tertiary/aromatic N) is 1. The summed E-state index contributed by atoms with van der Waals surface area (Å²) < 4.78 is 18.4. The zero-order valence-corrected chi connectivity index (χ0v) is 13.3. The van der Waals surface area contributed by atoms with Crippen LogP contribution in [0.1, 0.15) is 28.8 Å². The second-order valence-corrected chi connectivity index (χ2v) is 5.72. The van der Waals surface area contributed by atoms with E-state index >= 15 is 0 Å². The van der Waals surface area contributed by atoms with E-state index in [9.17, 15) is 9.18 Å². The molecule has 1 amide bonds. The van der Waals surface area contributed by atoms with Crippen molar-refractivity contribution >= 4 is 11.7 Å². The zero-order valence-electron chi connectivity index (χ0n) is 13.3. The van der Waals surface area contributed by atoms with Crippen LogP contribution in [0.15, 0.2) is 42.6 Å². The van der Waals surface area contributed by atoms with Crippen LogP contribution in [0.4, 0.5) is 10.2 Å². The molecule has 3 rings (SSSR count). The highest BCUT2D eigenvalue weighted by Crippen LogP contribution is 2.15. The van der Waals surface area contributed by atoms with Gasteiger partial charge in [0.1, 0.15) is 11.6 Å². The molecule has 24 heavy (non-hydrogen) atoms. The fourth-order valence-corrected chi connectivity index (χ4v) is 2.62. The predicted molar refractivity (Wildman–Crippen MR) is 89.3 cm³/mol. The van der Waals surface area contributed by atoms with Gasteiger partial charge in [0.15, 0.2) is 0 Å². The van der Waals surface area contributed by atoms with Crippen molar-refractivity contribution in [2.75, 3.05) is 18.5 Å². The third kappa shape index (κ3) is 4.29. The Morgan fingerprint density at radius 2 is 2.12 bits per heavy atom. The summed E-state index contributed by atoms with van der Waals surface area (Å²) in [5, 5.41) is 6.03. The minimum absolute atomic E-state index is 0.0984. The molecule has 0 bridgehead atoms. The number of carbonyl (C=O) groups excluding carboxylic acids is 1. The number of rotatable bonds is 6. The SMILES string of the molecule is O=C(NC[C@H]1CCCO1)c1cccnc1NCc1ccc(F)cc1. The zero-order chi connectivity index (χ0) is 16.8. The maximum absolute atomic E-state index is 12.9. The van der Waals surface area contributed by atoms with Crippen LogP contribution in [0, 0.1) is 5.82 Å². The lowest BCUT2D eigenvalue weighted by atomic mass is 10.2. The highest BCUT2D eigenvalue weighted by atomic mass is 19.1. The molecule has 2 aromatic rings. The number of nitrogens with one attached hydrogen (secondary N) is 2. The fraction of sp³-hybridized carbons (Fsp3) is 0.333. The summed E-state index contributed by atoms with van der Waals surface area (Å²) in [7, 11) is 0. The van der Waals surface area contributed by atoms with Gasteiger partial charge in [-0.25, -0.2) is 9.37 Å². The van der Waals surface area contributed by atoms with Crippen LogP contribution in [0.3, 0.4) is 0 Å². The number of carbonyl (C=O) groups is 1. The van der Waals surface area contributed by atoms with E-state index in [2.05, 4.69) is 15.6 Å². The second-order valence-electron chi connectivity index (χ2n) is 5.72. The standard InChI is InChI=1S/C18H20FN3O2/c19-14-7-5-13(6-8-14)11-21-17-16(4-1-9-20-17)18(23)22-12-15-3-2-10-24-15/h1,4-9,15H,2-3,10-12H2,(H,20,21)(H,22,23)/t15-/m1/s1. The van der Waals surface area contributed by atoms with Crippen LogP contribution in [-0.4, -0.2) is 30.1 Å². The number of anilines is 1. The Kier molecular flexibility index (Phi) is 5.38. The Hall–Kier alpha value is -2.47. The number of amides is 1. The van der Waals surface area contributed by atoms with E-state index in [1.807, 2.05) is 0 Å². The molecule has 0 saturated carbocycles. The maximum Gasteiger partial charge on any atom is 0.255 e. The van der Waals surface area contributed by atoms with E-state index in [0.717, 1.165) is 25.0 Å². The Morgan fingerprint density at radius 1 is 1.29 bits per heavy atom. The van der Waals surface area contributed by atoms with Gasteiger partial charge in [-0.3, -0.25) is 4.79 Å². The van der Waals surface area contributed by atoms with Crippen LogP contribution in [-0.2, 0) is 11.3 Å². The van der Waals surface area contributed by atoms with Gasteiger partial charge in [-0.2, -0.15) is 0 Å². The number of pyridine rings is 1. The van der Waals surface area contributed by atoms with Crippen molar-refractivity contribution in [2.24, 2.45) is 0 Å². The van der Waals surface area contributed by atoms with E-state index in [-0.39, 0.29) is 17.8 Å². The lowest BCUT2D eigenvalue weighted by Crippen LogP contribution is -2.32. The molecule has 1 fully saturated rings. The minimum Gasteiger partial charge on any atom is -0.376 e. The summed E-state index contributed by atoms with van der Waals surface area (Å²) in [6.45, 7) is 1.73. The Labute approximate surface area is 140 Å². The van der Waals surface area contributed by atoms with Gasteiger partial charge in [0, 0.05) is 25.9 Å². The van der Waals surface area contributed by atoms with Crippen molar-refractivity contribution in [1.82, 2.24) is 10.3 Å². The number of benzene rings is 1. The molecule has 1 saturated heterocycles. The monoisotopic (exact) mass is 329 g/mol. The molecule has 2 N–H and O–H groups in total. The maximum atomic E-state index is 12.9. The summed E-state index contributed by atoms with van der Waals surface area (Å²) in [5.41, 5.74) is 1.39. The highest BCUT2D eigenvalue weighted by Gasteiger charge is 2.18. The predicted octanol–water partition coefficient (Wildman–Crippen LogP) is 2.74. The first kappa shape index (κ1) is 16.4. The van der Waals surface area contributed by atoms with Crippen molar-refractivity contribution in [1.29, 1.82) is 0 Å². The summed E-state index contributed by atoms with van der Waals surface area (Å²) in [6, 6.07) is 9.66. The molecule has 0 spiro atoms. The molecule has 1 aliphatic rings. The third-order valence-corrected chi connectivity index (χ3v) is 3.94. The van der Waals surface area contributed by atoms with Gasteiger partial charge < -0.3 is 15.4 Å². The Balaban J connectivity index is 1.61. The average Bonchev–Trinajstić information content (AvgIpc) is 3.13. The molecule has 0 radical (unpaired) electrons. The van der Waals surface area contributed by atoms with Crippen molar-refractivity contribution in [3.05, 3.63) is 59.5 Å². The molecule has 1 aromatic carbocycles. The second kappa shape index (κ2) is 7.88. The first-order valence-electron chi connectivity index (χ1n) is 8.05.